The van der Waals surface area contributed by atoms with Gasteiger partial charge in [-0.1, -0.05) is 15.9 Å². The fourth-order valence-corrected chi connectivity index (χ4v) is 1.87. The van der Waals surface area contributed by atoms with Crippen LogP contribution in [0.1, 0.15) is 20.3 Å². The number of hydrogen-bond donors (Lipinski definition) is 0. The van der Waals surface area contributed by atoms with Crippen molar-refractivity contribution in [3.8, 4) is 0 Å². The highest BCUT2D eigenvalue weighted by atomic mass is 79.9. The third-order valence-corrected chi connectivity index (χ3v) is 2.98. The van der Waals surface area contributed by atoms with Crippen molar-refractivity contribution in [1.82, 2.24) is 4.90 Å². The van der Waals surface area contributed by atoms with Crippen molar-refractivity contribution < 1.29 is 4.79 Å². The summed E-state index contributed by atoms with van der Waals surface area (Å²) in [7, 11) is 0. The van der Waals surface area contributed by atoms with Gasteiger partial charge in [-0.15, -0.1) is 0 Å². The van der Waals surface area contributed by atoms with E-state index in [1.165, 1.54) is 0 Å². The lowest BCUT2D eigenvalue weighted by atomic mass is 10.1. The van der Waals surface area contributed by atoms with Crippen molar-refractivity contribution in [2.24, 2.45) is 0 Å². The Morgan fingerprint density at radius 2 is 2.27 bits per heavy atom. The molecule has 11 heavy (non-hydrogen) atoms. The van der Waals surface area contributed by atoms with Crippen LogP contribution >= 0.6 is 15.9 Å². The maximum Gasteiger partial charge on any atom is 0.139 e. The zero-order valence-corrected chi connectivity index (χ0v) is 8.60. The summed E-state index contributed by atoms with van der Waals surface area (Å²) in [5.41, 5.74) is -0.275. The first-order chi connectivity index (χ1) is 5.06. The van der Waals surface area contributed by atoms with Gasteiger partial charge in [0.15, 0.2) is 0 Å². The number of likely N-dealkylation sites (tertiary alicyclic amines) is 1. The van der Waals surface area contributed by atoms with Crippen molar-refractivity contribution in [2.75, 3.05) is 13.1 Å². The van der Waals surface area contributed by atoms with Gasteiger partial charge >= 0.3 is 0 Å². The molecule has 1 aliphatic rings. The largest absolute Gasteiger partial charge is 0.301 e. The molecule has 0 bridgehead atoms. The lowest BCUT2D eigenvalue weighted by Crippen LogP contribution is -2.43. The Kier molecular flexibility index (Phi) is 2.70. The van der Waals surface area contributed by atoms with E-state index in [-0.39, 0.29) is 5.54 Å². The average molecular weight is 220 g/mol. The number of hydrogen-bond acceptors (Lipinski definition) is 2. The van der Waals surface area contributed by atoms with E-state index in [2.05, 4.69) is 20.8 Å². The zero-order valence-electron chi connectivity index (χ0n) is 7.01. The summed E-state index contributed by atoms with van der Waals surface area (Å²) < 4.78 is 0. The van der Waals surface area contributed by atoms with Crippen LogP contribution in [0.2, 0.25) is 0 Å². The molecule has 2 nitrogen and oxygen atoms in total. The summed E-state index contributed by atoms with van der Waals surface area (Å²) in [5, 5.41) is 0. The maximum absolute atomic E-state index is 10.7. The van der Waals surface area contributed by atoms with Gasteiger partial charge in [0.2, 0.25) is 0 Å². The van der Waals surface area contributed by atoms with Crippen molar-refractivity contribution in [3.05, 3.63) is 0 Å². The molecular formula is C8H14BrNO. The van der Waals surface area contributed by atoms with Crippen LogP contribution in [0.25, 0.3) is 0 Å². The van der Waals surface area contributed by atoms with Gasteiger partial charge in [-0.3, -0.25) is 4.90 Å². The van der Waals surface area contributed by atoms with E-state index in [4.69, 9.17) is 0 Å². The van der Waals surface area contributed by atoms with E-state index in [1.807, 2.05) is 13.8 Å². The quantitative estimate of drug-likeness (QED) is 0.518. The Balaban J connectivity index is 2.55. The number of carbonyl (C=O) groups is 1. The smallest absolute Gasteiger partial charge is 0.139 e. The SMILES string of the molecule is CC(C)(C=O)N1CCC(Br)C1. The summed E-state index contributed by atoms with van der Waals surface area (Å²) in [6, 6.07) is 0. The predicted octanol–water partition coefficient (Wildman–Crippen LogP) is 1.43. The topological polar surface area (TPSA) is 20.3 Å². The molecule has 0 aromatic heterocycles. The standard InChI is InChI=1S/C8H14BrNO/c1-8(2,6-11)10-4-3-7(9)5-10/h6-7H,3-5H2,1-2H3. The highest BCUT2D eigenvalue weighted by Gasteiger charge is 2.31. The van der Waals surface area contributed by atoms with Crippen LogP contribution in [0, 0.1) is 0 Å². The summed E-state index contributed by atoms with van der Waals surface area (Å²) in [5.74, 6) is 0. The van der Waals surface area contributed by atoms with Gasteiger partial charge in [0.1, 0.15) is 6.29 Å². The Labute approximate surface area is 76.1 Å². The molecule has 0 aliphatic carbocycles. The molecular weight excluding hydrogens is 206 g/mol. The third kappa shape index (κ3) is 2.03. The molecule has 0 N–H and O–H groups in total. The Bertz CT molecular complexity index is 158. The zero-order chi connectivity index (χ0) is 8.48. The molecule has 0 spiro atoms. The first kappa shape index (κ1) is 9.20. The van der Waals surface area contributed by atoms with Crippen LogP contribution in [0.4, 0.5) is 0 Å². The number of nitrogens with zero attached hydrogens (tertiary/aromatic N) is 1. The lowest BCUT2D eigenvalue weighted by molar-refractivity contribution is -0.116. The van der Waals surface area contributed by atoms with Crippen molar-refractivity contribution in [1.29, 1.82) is 0 Å². The lowest BCUT2D eigenvalue weighted by Gasteiger charge is -2.29. The summed E-state index contributed by atoms with van der Waals surface area (Å²) in [4.78, 5) is 13.4. The first-order valence-corrected chi connectivity index (χ1v) is 4.83. The molecule has 0 amide bonds. The van der Waals surface area contributed by atoms with Crippen LogP contribution in [0.5, 0.6) is 0 Å². The molecule has 0 saturated carbocycles. The number of halogens is 1. The van der Waals surface area contributed by atoms with Gasteiger partial charge in [-0.2, -0.15) is 0 Å². The van der Waals surface area contributed by atoms with Gasteiger partial charge in [0.05, 0.1) is 5.54 Å². The fraction of sp³-hybridized carbons (Fsp3) is 0.875. The van der Waals surface area contributed by atoms with Gasteiger partial charge in [-0.25, -0.2) is 0 Å². The second kappa shape index (κ2) is 3.23. The third-order valence-electron chi connectivity index (χ3n) is 2.23. The number of aldehydes is 1. The number of alkyl halides is 1. The van der Waals surface area contributed by atoms with Crippen LogP contribution in [-0.2, 0) is 4.79 Å². The Hall–Kier alpha value is 0.110. The Morgan fingerprint density at radius 1 is 1.64 bits per heavy atom. The number of carbonyl (C=O) groups excluding carboxylic acids is 1. The van der Waals surface area contributed by atoms with Crippen molar-refractivity contribution >= 4 is 22.2 Å². The van der Waals surface area contributed by atoms with Crippen LogP contribution in [-0.4, -0.2) is 34.6 Å². The van der Waals surface area contributed by atoms with Crippen LogP contribution < -0.4 is 0 Å². The molecule has 0 aromatic rings. The highest BCUT2D eigenvalue weighted by Crippen LogP contribution is 2.23. The fourth-order valence-electron chi connectivity index (χ4n) is 1.32. The van der Waals surface area contributed by atoms with Crippen molar-refractivity contribution in [3.63, 3.8) is 0 Å². The summed E-state index contributed by atoms with van der Waals surface area (Å²) >= 11 is 3.54. The van der Waals surface area contributed by atoms with E-state index >= 15 is 0 Å². The second-order valence-electron chi connectivity index (χ2n) is 3.60. The van der Waals surface area contributed by atoms with E-state index in [9.17, 15) is 4.79 Å². The molecule has 1 aliphatic heterocycles. The normalized spacial score (nSPS) is 27.4. The van der Waals surface area contributed by atoms with E-state index < -0.39 is 0 Å². The minimum absolute atomic E-state index is 0.275. The molecule has 1 fully saturated rings. The van der Waals surface area contributed by atoms with Gasteiger partial charge in [0.25, 0.3) is 0 Å². The number of rotatable bonds is 2. The molecule has 1 saturated heterocycles. The molecule has 1 atom stereocenters. The first-order valence-electron chi connectivity index (χ1n) is 3.92. The molecule has 1 unspecified atom stereocenters. The molecule has 3 heteroatoms. The minimum Gasteiger partial charge on any atom is -0.301 e. The van der Waals surface area contributed by atoms with Crippen LogP contribution in [0.15, 0.2) is 0 Å². The van der Waals surface area contributed by atoms with E-state index in [1.54, 1.807) is 0 Å². The summed E-state index contributed by atoms with van der Waals surface area (Å²) in [6.45, 7) is 5.95. The Morgan fingerprint density at radius 3 is 2.64 bits per heavy atom. The average Bonchev–Trinajstić information content (AvgIpc) is 2.36. The van der Waals surface area contributed by atoms with Crippen LogP contribution in [0.3, 0.4) is 0 Å². The van der Waals surface area contributed by atoms with Crippen molar-refractivity contribution in [2.45, 2.75) is 30.6 Å². The van der Waals surface area contributed by atoms with E-state index in [0.29, 0.717) is 4.83 Å². The highest BCUT2D eigenvalue weighted by molar-refractivity contribution is 9.09. The maximum atomic E-state index is 10.7. The van der Waals surface area contributed by atoms with E-state index in [0.717, 1.165) is 25.8 Å². The molecule has 64 valence electrons. The molecule has 0 radical (unpaired) electrons. The molecule has 1 rings (SSSR count). The minimum atomic E-state index is -0.275. The van der Waals surface area contributed by atoms with Gasteiger partial charge in [0, 0.05) is 17.9 Å². The monoisotopic (exact) mass is 219 g/mol. The summed E-state index contributed by atoms with van der Waals surface area (Å²) in [6.07, 6.45) is 2.18. The predicted molar refractivity (Wildman–Crippen MR) is 49.0 cm³/mol. The van der Waals surface area contributed by atoms with Gasteiger partial charge in [-0.05, 0) is 20.3 Å². The van der Waals surface area contributed by atoms with Gasteiger partial charge < -0.3 is 4.79 Å². The molecule has 0 aromatic carbocycles. The molecule has 1 heterocycles. The second-order valence-corrected chi connectivity index (χ2v) is 4.90.